The predicted molar refractivity (Wildman–Crippen MR) is 99.5 cm³/mol. The van der Waals surface area contributed by atoms with Crippen molar-refractivity contribution in [1.82, 2.24) is 18.9 Å². The van der Waals surface area contributed by atoms with Gasteiger partial charge in [-0.1, -0.05) is 29.3 Å². The summed E-state index contributed by atoms with van der Waals surface area (Å²) in [6, 6.07) is 11.8. The molecule has 0 aliphatic heterocycles. The van der Waals surface area contributed by atoms with E-state index in [2.05, 4.69) is 15.0 Å². The van der Waals surface area contributed by atoms with Crippen LogP contribution in [0.5, 0.6) is 0 Å². The van der Waals surface area contributed by atoms with E-state index in [0.717, 1.165) is 5.56 Å². The average molecular weight is 385 g/mol. The molecule has 8 heteroatoms. The van der Waals surface area contributed by atoms with Gasteiger partial charge in [0.25, 0.3) is 10.0 Å². The van der Waals surface area contributed by atoms with Gasteiger partial charge in [0.05, 0.1) is 10.6 Å². The van der Waals surface area contributed by atoms with Gasteiger partial charge in [-0.2, -0.15) is 0 Å². The van der Waals surface area contributed by atoms with Crippen molar-refractivity contribution in [3.05, 3.63) is 71.9 Å². The number of halogens is 1. The van der Waals surface area contributed by atoms with Crippen LogP contribution in [-0.4, -0.2) is 27.3 Å². The monoisotopic (exact) mass is 384 g/mol. The molecular formula is C18H13ClN4O2S. The minimum Gasteiger partial charge on any atom is -0.237 e. The zero-order chi connectivity index (χ0) is 18.3. The minimum absolute atomic E-state index is 0.193. The van der Waals surface area contributed by atoms with Crippen molar-refractivity contribution in [2.24, 2.45) is 0 Å². The second-order valence-corrected chi connectivity index (χ2v) is 7.96. The van der Waals surface area contributed by atoms with Crippen LogP contribution in [0.1, 0.15) is 5.56 Å². The highest BCUT2D eigenvalue weighted by molar-refractivity contribution is 7.90. The first-order valence-corrected chi connectivity index (χ1v) is 9.55. The second-order valence-electron chi connectivity index (χ2n) is 5.76. The van der Waals surface area contributed by atoms with E-state index in [1.807, 2.05) is 6.92 Å². The molecule has 0 amide bonds. The van der Waals surface area contributed by atoms with E-state index in [1.54, 1.807) is 48.7 Å². The molecule has 0 bridgehead atoms. The van der Waals surface area contributed by atoms with E-state index in [-0.39, 0.29) is 10.0 Å². The number of pyridine rings is 1. The third-order valence-electron chi connectivity index (χ3n) is 4.02. The maximum Gasteiger partial charge on any atom is 0.269 e. The van der Waals surface area contributed by atoms with Crippen molar-refractivity contribution in [2.75, 3.05) is 0 Å². The fourth-order valence-electron chi connectivity index (χ4n) is 2.72. The molecule has 4 rings (SSSR count). The first kappa shape index (κ1) is 16.7. The van der Waals surface area contributed by atoms with Gasteiger partial charge >= 0.3 is 0 Å². The van der Waals surface area contributed by atoms with Crippen LogP contribution in [0.2, 0.25) is 5.15 Å². The topological polar surface area (TPSA) is 77.7 Å². The summed E-state index contributed by atoms with van der Waals surface area (Å²) in [5, 5.41) is 0.944. The highest BCUT2D eigenvalue weighted by Gasteiger charge is 2.23. The van der Waals surface area contributed by atoms with Crippen molar-refractivity contribution in [2.45, 2.75) is 11.8 Å². The molecule has 0 unspecified atom stereocenters. The molecule has 0 spiro atoms. The van der Waals surface area contributed by atoms with Crippen molar-refractivity contribution in [3.63, 3.8) is 0 Å². The van der Waals surface area contributed by atoms with Gasteiger partial charge in [-0.05, 0) is 31.2 Å². The van der Waals surface area contributed by atoms with E-state index in [4.69, 9.17) is 11.6 Å². The lowest BCUT2D eigenvalue weighted by atomic mass is 10.1. The highest BCUT2D eigenvalue weighted by atomic mass is 35.5. The maximum absolute atomic E-state index is 13.1. The van der Waals surface area contributed by atoms with Gasteiger partial charge in [-0.3, -0.25) is 0 Å². The molecule has 3 aromatic heterocycles. The Hall–Kier alpha value is -2.77. The van der Waals surface area contributed by atoms with Gasteiger partial charge in [0.15, 0.2) is 5.65 Å². The van der Waals surface area contributed by atoms with Crippen molar-refractivity contribution in [3.8, 4) is 11.3 Å². The number of fused-ring (bicyclic) bond motifs is 1. The molecule has 1 aromatic carbocycles. The summed E-state index contributed by atoms with van der Waals surface area (Å²) < 4.78 is 27.4. The third-order valence-corrected chi connectivity index (χ3v) is 5.89. The van der Waals surface area contributed by atoms with E-state index in [1.165, 1.54) is 16.5 Å². The third kappa shape index (κ3) is 2.75. The lowest BCUT2D eigenvalue weighted by Gasteiger charge is -2.07. The Morgan fingerprint density at radius 3 is 2.54 bits per heavy atom. The van der Waals surface area contributed by atoms with Gasteiger partial charge in [0.2, 0.25) is 0 Å². The molecule has 26 heavy (non-hydrogen) atoms. The lowest BCUT2D eigenvalue weighted by Crippen LogP contribution is -2.12. The number of nitrogens with zero attached hydrogens (tertiary/aromatic N) is 4. The highest BCUT2D eigenvalue weighted by Crippen LogP contribution is 2.31. The van der Waals surface area contributed by atoms with E-state index in [0.29, 0.717) is 22.3 Å². The Morgan fingerprint density at radius 1 is 1.04 bits per heavy atom. The second kappa shape index (κ2) is 6.19. The maximum atomic E-state index is 13.1. The molecule has 0 aliphatic carbocycles. The summed E-state index contributed by atoms with van der Waals surface area (Å²) in [5.41, 5.74) is 2.46. The van der Waals surface area contributed by atoms with Crippen molar-refractivity contribution >= 4 is 32.7 Å². The zero-order valence-electron chi connectivity index (χ0n) is 13.7. The summed E-state index contributed by atoms with van der Waals surface area (Å²) >= 11 is 5.96. The number of aryl methyl sites for hydroxylation is 1. The normalized spacial score (nSPS) is 11.8. The Bertz CT molecular complexity index is 1220. The number of hydrogen-bond acceptors (Lipinski definition) is 5. The molecule has 0 fully saturated rings. The molecule has 4 aromatic rings. The molecular weight excluding hydrogens is 372 g/mol. The van der Waals surface area contributed by atoms with Gasteiger partial charge < -0.3 is 0 Å². The fraction of sp³-hybridized carbons (Fsp3) is 0.0556. The van der Waals surface area contributed by atoms with Crippen LogP contribution in [0.3, 0.4) is 0 Å². The molecule has 0 aliphatic rings. The molecule has 6 nitrogen and oxygen atoms in total. The van der Waals surface area contributed by atoms with Crippen LogP contribution in [0.15, 0.2) is 66.1 Å². The number of hydrogen-bond donors (Lipinski definition) is 0. The summed E-state index contributed by atoms with van der Waals surface area (Å²) in [6.45, 7) is 1.90. The molecule has 0 atom stereocenters. The Balaban J connectivity index is 1.98. The van der Waals surface area contributed by atoms with Crippen LogP contribution in [0, 0.1) is 6.92 Å². The Morgan fingerprint density at radius 2 is 1.81 bits per heavy atom. The van der Waals surface area contributed by atoms with Crippen LogP contribution in [0.25, 0.3) is 22.3 Å². The van der Waals surface area contributed by atoms with Crippen molar-refractivity contribution < 1.29 is 8.42 Å². The average Bonchev–Trinajstić information content (AvgIpc) is 3.03. The van der Waals surface area contributed by atoms with Gasteiger partial charge in [0, 0.05) is 29.4 Å². The summed E-state index contributed by atoms with van der Waals surface area (Å²) in [6.07, 6.45) is 4.41. The SMILES string of the molecule is Cc1ccc(S(=O)(=O)n2cc(-c3cc(Cl)ncn3)c3cccnc32)cc1. The zero-order valence-corrected chi connectivity index (χ0v) is 15.2. The Kier molecular flexibility index (Phi) is 3.97. The molecule has 130 valence electrons. The fourth-order valence-corrected chi connectivity index (χ4v) is 4.19. The smallest absolute Gasteiger partial charge is 0.237 e. The number of rotatable bonds is 3. The quantitative estimate of drug-likeness (QED) is 0.503. The van der Waals surface area contributed by atoms with Crippen molar-refractivity contribution in [1.29, 1.82) is 0 Å². The molecule has 0 N–H and O–H groups in total. The Labute approximate surface area is 155 Å². The van der Waals surface area contributed by atoms with Crippen LogP contribution >= 0.6 is 11.6 Å². The lowest BCUT2D eigenvalue weighted by molar-refractivity contribution is 0.589. The van der Waals surface area contributed by atoms with E-state index in [9.17, 15) is 8.42 Å². The molecule has 0 saturated heterocycles. The summed E-state index contributed by atoms with van der Waals surface area (Å²) in [4.78, 5) is 12.5. The van der Waals surface area contributed by atoms with E-state index < -0.39 is 10.0 Å². The van der Waals surface area contributed by atoms with Crippen LogP contribution < -0.4 is 0 Å². The standard InChI is InChI=1S/C18H13ClN4O2S/c1-12-4-6-13(7-5-12)26(24,25)23-10-15(14-3-2-8-20-18(14)23)16-9-17(19)22-11-21-16/h2-11H,1H3. The molecule has 3 heterocycles. The summed E-state index contributed by atoms with van der Waals surface area (Å²) in [7, 11) is -3.80. The first-order valence-electron chi connectivity index (χ1n) is 7.73. The minimum atomic E-state index is -3.80. The number of benzene rings is 1. The van der Waals surface area contributed by atoms with Crippen LogP contribution in [-0.2, 0) is 10.0 Å². The van der Waals surface area contributed by atoms with Gasteiger partial charge in [-0.25, -0.2) is 27.3 Å². The number of aromatic nitrogens is 4. The van der Waals surface area contributed by atoms with Gasteiger partial charge in [-0.15, -0.1) is 0 Å². The van der Waals surface area contributed by atoms with E-state index >= 15 is 0 Å². The summed E-state index contributed by atoms with van der Waals surface area (Å²) in [5.74, 6) is 0. The van der Waals surface area contributed by atoms with Crippen LogP contribution in [0.4, 0.5) is 0 Å². The largest absolute Gasteiger partial charge is 0.269 e. The molecule has 0 radical (unpaired) electrons. The predicted octanol–water partition coefficient (Wildman–Crippen LogP) is 3.69. The first-order chi connectivity index (χ1) is 12.5. The molecule has 0 saturated carbocycles. The van der Waals surface area contributed by atoms with Gasteiger partial charge in [0.1, 0.15) is 11.5 Å².